The maximum absolute atomic E-state index is 6.00. The fourth-order valence-electron chi connectivity index (χ4n) is 2.92. The lowest BCUT2D eigenvalue weighted by Crippen LogP contribution is -2.27. The van der Waals surface area contributed by atoms with E-state index in [1.165, 1.54) is 56.3 Å². The van der Waals surface area contributed by atoms with Gasteiger partial charge in [-0.25, -0.2) is 0 Å². The molecule has 1 aliphatic rings. The molecule has 1 unspecified atom stereocenters. The van der Waals surface area contributed by atoms with E-state index in [4.69, 9.17) is 10.5 Å². The highest BCUT2D eigenvalue weighted by Gasteiger charge is 2.13. The Balaban J connectivity index is 2.10. The summed E-state index contributed by atoms with van der Waals surface area (Å²) in [5.74, 6) is 0.983. The zero-order valence-electron chi connectivity index (χ0n) is 12.9. The molecule has 1 heterocycles. The van der Waals surface area contributed by atoms with Crippen molar-refractivity contribution in [2.75, 3.05) is 20.2 Å². The van der Waals surface area contributed by atoms with Gasteiger partial charge in [-0.2, -0.15) is 0 Å². The zero-order valence-corrected chi connectivity index (χ0v) is 12.9. The van der Waals surface area contributed by atoms with E-state index < -0.39 is 0 Å². The van der Waals surface area contributed by atoms with E-state index >= 15 is 0 Å². The van der Waals surface area contributed by atoms with Crippen molar-refractivity contribution in [2.45, 2.75) is 51.6 Å². The number of hydrogen-bond acceptors (Lipinski definition) is 3. The fourth-order valence-corrected chi connectivity index (χ4v) is 2.92. The maximum Gasteiger partial charge on any atom is 0.123 e. The van der Waals surface area contributed by atoms with Crippen molar-refractivity contribution in [2.24, 2.45) is 5.73 Å². The molecule has 3 nitrogen and oxygen atoms in total. The molecule has 0 spiro atoms. The fraction of sp³-hybridized carbons (Fsp3) is 0.647. The van der Waals surface area contributed by atoms with Crippen LogP contribution in [0.25, 0.3) is 0 Å². The van der Waals surface area contributed by atoms with Crippen molar-refractivity contribution in [1.29, 1.82) is 0 Å². The molecule has 1 aliphatic heterocycles. The number of hydrogen-bond donors (Lipinski definition) is 1. The highest BCUT2D eigenvalue weighted by Crippen LogP contribution is 2.25. The number of likely N-dealkylation sites (tertiary alicyclic amines) is 1. The van der Waals surface area contributed by atoms with E-state index in [1.807, 2.05) is 6.92 Å². The Morgan fingerprint density at radius 2 is 1.80 bits per heavy atom. The highest BCUT2D eigenvalue weighted by atomic mass is 16.5. The van der Waals surface area contributed by atoms with E-state index in [-0.39, 0.29) is 6.04 Å². The average Bonchev–Trinajstić information content (AvgIpc) is 2.41. The molecular weight excluding hydrogens is 248 g/mol. The lowest BCUT2D eigenvalue weighted by atomic mass is 10.0. The first kappa shape index (κ1) is 15.3. The van der Waals surface area contributed by atoms with E-state index in [2.05, 4.69) is 23.1 Å². The molecule has 1 saturated heterocycles. The van der Waals surface area contributed by atoms with Gasteiger partial charge in [0.2, 0.25) is 0 Å². The summed E-state index contributed by atoms with van der Waals surface area (Å²) in [4.78, 5) is 2.56. The van der Waals surface area contributed by atoms with Crippen LogP contribution in [0.3, 0.4) is 0 Å². The van der Waals surface area contributed by atoms with Crippen molar-refractivity contribution in [3.05, 3.63) is 29.3 Å². The Morgan fingerprint density at radius 3 is 2.40 bits per heavy atom. The van der Waals surface area contributed by atoms with Gasteiger partial charge in [-0.15, -0.1) is 0 Å². The van der Waals surface area contributed by atoms with Crippen LogP contribution in [0.1, 0.15) is 56.2 Å². The number of nitrogens with zero attached hydrogens (tertiary/aromatic N) is 1. The van der Waals surface area contributed by atoms with Crippen LogP contribution in [0.5, 0.6) is 5.75 Å². The lowest BCUT2D eigenvalue weighted by molar-refractivity contribution is 0.236. The molecule has 112 valence electrons. The van der Waals surface area contributed by atoms with E-state index in [9.17, 15) is 0 Å². The van der Waals surface area contributed by atoms with Crippen LogP contribution < -0.4 is 10.5 Å². The van der Waals surface area contributed by atoms with Crippen molar-refractivity contribution in [3.8, 4) is 5.75 Å². The Kier molecular flexibility index (Phi) is 5.86. The molecule has 1 atom stereocenters. The monoisotopic (exact) mass is 276 g/mol. The summed E-state index contributed by atoms with van der Waals surface area (Å²) in [6.07, 6.45) is 6.77. The van der Waals surface area contributed by atoms with Gasteiger partial charge in [0.05, 0.1) is 7.11 Å². The quantitative estimate of drug-likeness (QED) is 0.915. The molecule has 0 radical (unpaired) electrons. The van der Waals surface area contributed by atoms with Crippen LogP contribution in [-0.4, -0.2) is 25.1 Å². The van der Waals surface area contributed by atoms with Crippen LogP contribution >= 0.6 is 0 Å². The van der Waals surface area contributed by atoms with Gasteiger partial charge >= 0.3 is 0 Å². The predicted octanol–water partition coefficient (Wildman–Crippen LogP) is 3.48. The third-order valence-corrected chi connectivity index (χ3v) is 4.17. The molecule has 20 heavy (non-hydrogen) atoms. The summed E-state index contributed by atoms with van der Waals surface area (Å²) in [6.45, 7) is 5.41. The van der Waals surface area contributed by atoms with Gasteiger partial charge in [0.25, 0.3) is 0 Å². The molecule has 1 fully saturated rings. The average molecular weight is 276 g/mol. The van der Waals surface area contributed by atoms with Gasteiger partial charge in [-0.05, 0) is 50.6 Å². The topological polar surface area (TPSA) is 38.5 Å². The van der Waals surface area contributed by atoms with Crippen LogP contribution in [-0.2, 0) is 6.54 Å². The first-order valence-corrected chi connectivity index (χ1v) is 7.85. The summed E-state index contributed by atoms with van der Waals surface area (Å²) in [6, 6.07) is 6.41. The highest BCUT2D eigenvalue weighted by molar-refractivity contribution is 5.38. The van der Waals surface area contributed by atoms with E-state index in [1.54, 1.807) is 7.11 Å². The zero-order chi connectivity index (χ0) is 14.4. The minimum absolute atomic E-state index is 0.0759. The van der Waals surface area contributed by atoms with Gasteiger partial charge in [0, 0.05) is 18.2 Å². The normalized spacial score (nSPS) is 19.1. The van der Waals surface area contributed by atoms with Gasteiger partial charge in [-0.3, -0.25) is 4.90 Å². The molecule has 0 amide bonds. The van der Waals surface area contributed by atoms with Gasteiger partial charge < -0.3 is 10.5 Å². The number of nitrogens with two attached hydrogens (primary N) is 1. The van der Waals surface area contributed by atoms with Gasteiger partial charge in [0.15, 0.2) is 0 Å². The second-order valence-electron chi connectivity index (χ2n) is 5.90. The smallest absolute Gasteiger partial charge is 0.123 e. The van der Waals surface area contributed by atoms with Crippen molar-refractivity contribution < 1.29 is 4.74 Å². The van der Waals surface area contributed by atoms with Crippen molar-refractivity contribution >= 4 is 0 Å². The summed E-state index contributed by atoms with van der Waals surface area (Å²) >= 11 is 0. The summed E-state index contributed by atoms with van der Waals surface area (Å²) < 4.78 is 5.51. The lowest BCUT2D eigenvalue weighted by Gasteiger charge is -2.25. The Hall–Kier alpha value is -1.06. The standard InChI is InChI=1S/C17H28N2O/c1-14(18)15-8-9-17(20-2)16(12-15)13-19-10-6-4-3-5-7-11-19/h8-9,12,14H,3-7,10-11,13,18H2,1-2H3. The minimum atomic E-state index is 0.0759. The maximum atomic E-state index is 6.00. The predicted molar refractivity (Wildman–Crippen MR) is 84.0 cm³/mol. The Labute approximate surface area is 123 Å². The molecule has 0 aromatic heterocycles. The molecule has 3 heteroatoms. The third-order valence-electron chi connectivity index (χ3n) is 4.17. The molecule has 2 rings (SSSR count). The summed E-state index contributed by atoms with van der Waals surface area (Å²) in [5.41, 5.74) is 8.45. The molecule has 0 bridgehead atoms. The van der Waals surface area contributed by atoms with Gasteiger partial charge in [-0.1, -0.05) is 25.3 Å². The third kappa shape index (κ3) is 4.22. The Bertz CT molecular complexity index is 409. The van der Waals surface area contributed by atoms with Crippen LogP contribution in [0.4, 0.5) is 0 Å². The molecular formula is C17H28N2O. The number of ether oxygens (including phenoxy) is 1. The largest absolute Gasteiger partial charge is 0.496 e. The molecule has 1 aromatic rings. The van der Waals surface area contributed by atoms with Crippen molar-refractivity contribution in [1.82, 2.24) is 4.90 Å². The Morgan fingerprint density at radius 1 is 1.15 bits per heavy atom. The summed E-state index contributed by atoms with van der Waals surface area (Å²) in [7, 11) is 1.75. The van der Waals surface area contributed by atoms with Crippen molar-refractivity contribution in [3.63, 3.8) is 0 Å². The molecule has 0 aliphatic carbocycles. The first-order valence-electron chi connectivity index (χ1n) is 7.85. The minimum Gasteiger partial charge on any atom is -0.496 e. The molecule has 1 aromatic carbocycles. The number of benzene rings is 1. The van der Waals surface area contributed by atoms with E-state index in [0.29, 0.717) is 0 Å². The van der Waals surface area contributed by atoms with Gasteiger partial charge in [0.1, 0.15) is 5.75 Å². The second-order valence-corrected chi connectivity index (χ2v) is 5.90. The molecule has 0 saturated carbocycles. The summed E-state index contributed by atoms with van der Waals surface area (Å²) in [5, 5.41) is 0. The number of rotatable bonds is 4. The number of methoxy groups -OCH3 is 1. The van der Waals surface area contributed by atoms with Crippen LogP contribution in [0.15, 0.2) is 18.2 Å². The van der Waals surface area contributed by atoms with Crippen LogP contribution in [0.2, 0.25) is 0 Å². The SMILES string of the molecule is COc1ccc(C(C)N)cc1CN1CCCCCCC1. The van der Waals surface area contributed by atoms with E-state index in [0.717, 1.165) is 12.3 Å². The van der Waals surface area contributed by atoms with Crippen LogP contribution in [0, 0.1) is 0 Å². The first-order chi connectivity index (χ1) is 9.70. The molecule has 2 N–H and O–H groups in total. The second kappa shape index (κ2) is 7.65.